The summed E-state index contributed by atoms with van der Waals surface area (Å²) in [5.74, 6) is -0.180. The molecule has 0 bridgehead atoms. The molecule has 3 rings (SSSR count). The van der Waals surface area contributed by atoms with Crippen molar-refractivity contribution in [2.45, 2.75) is 42.7 Å². The highest BCUT2D eigenvalue weighted by Gasteiger charge is 2.29. The number of hydrogen-bond donors (Lipinski definition) is 1. The maximum Gasteiger partial charge on any atom is 0.319 e. The number of carboxylic acid groups (broad SMARTS) is 1. The Morgan fingerprint density at radius 2 is 1.94 bits per heavy atom. The first-order valence-electron chi connectivity index (χ1n) is 10.6. The number of aliphatic carboxylic acids is 1. The Labute approximate surface area is 207 Å². The van der Waals surface area contributed by atoms with Crippen molar-refractivity contribution in [2.24, 2.45) is 0 Å². The number of anilines is 1. The molecule has 2 aromatic heterocycles. The standard InChI is InChI=1S/C24H27ClN4O2S2/c1-4-17-14-26-22(27-15-17)29(12-5-6-18-7-9-19(25)10-8-18)13-11-20-16-32-23(28-20)33-24(2,3)21(30)31/h5-10,14-16H,4,11-13H2,1-3H3,(H,30,31)/b6-5+. The minimum atomic E-state index is -0.914. The summed E-state index contributed by atoms with van der Waals surface area (Å²) in [5, 5.41) is 12.1. The van der Waals surface area contributed by atoms with E-state index in [0.717, 1.165) is 27.6 Å². The second kappa shape index (κ2) is 11.6. The number of thiazole rings is 1. The second-order valence-corrected chi connectivity index (χ2v) is 11.1. The lowest BCUT2D eigenvalue weighted by molar-refractivity contribution is -0.138. The Morgan fingerprint density at radius 1 is 1.24 bits per heavy atom. The molecular weight excluding hydrogens is 476 g/mol. The minimum absolute atomic E-state index is 0.645. The van der Waals surface area contributed by atoms with Crippen LogP contribution in [-0.2, 0) is 17.6 Å². The van der Waals surface area contributed by atoms with Crippen LogP contribution in [0.25, 0.3) is 6.08 Å². The molecule has 6 nitrogen and oxygen atoms in total. The number of aryl methyl sites for hydroxylation is 1. The number of rotatable bonds is 11. The molecule has 0 amide bonds. The summed E-state index contributed by atoms with van der Waals surface area (Å²) in [7, 11) is 0. The van der Waals surface area contributed by atoms with Crippen LogP contribution in [0.3, 0.4) is 0 Å². The van der Waals surface area contributed by atoms with Crippen molar-refractivity contribution in [3.63, 3.8) is 0 Å². The Morgan fingerprint density at radius 3 is 2.58 bits per heavy atom. The van der Waals surface area contributed by atoms with Crippen LogP contribution in [0.1, 0.15) is 37.6 Å². The first-order valence-corrected chi connectivity index (χ1v) is 12.7. The van der Waals surface area contributed by atoms with Crippen molar-refractivity contribution in [1.82, 2.24) is 15.0 Å². The smallest absolute Gasteiger partial charge is 0.319 e. The van der Waals surface area contributed by atoms with E-state index < -0.39 is 10.7 Å². The van der Waals surface area contributed by atoms with Crippen LogP contribution in [0.4, 0.5) is 5.95 Å². The zero-order valence-corrected chi connectivity index (χ0v) is 21.3. The fourth-order valence-corrected chi connectivity index (χ4v) is 5.17. The van der Waals surface area contributed by atoms with Crippen LogP contribution in [0.2, 0.25) is 5.02 Å². The number of thioether (sulfide) groups is 1. The lowest BCUT2D eigenvalue weighted by Gasteiger charge is -2.20. The first-order chi connectivity index (χ1) is 15.8. The predicted octanol–water partition coefficient (Wildman–Crippen LogP) is 5.87. The molecule has 0 fully saturated rings. The lowest BCUT2D eigenvalue weighted by Crippen LogP contribution is -2.28. The van der Waals surface area contributed by atoms with Gasteiger partial charge in [0.1, 0.15) is 4.75 Å². The highest BCUT2D eigenvalue weighted by molar-refractivity contribution is 8.03. The molecule has 1 aromatic carbocycles. The molecule has 2 heterocycles. The highest BCUT2D eigenvalue weighted by atomic mass is 35.5. The SMILES string of the molecule is CCc1cnc(N(C/C=C/c2ccc(Cl)cc2)CCc2csc(SC(C)(C)C(=O)O)n2)nc1. The molecule has 0 spiro atoms. The molecule has 0 aliphatic heterocycles. The van der Waals surface area contributed by atoms with Gasteiger partial charge in [-0.1, -0.05) is 54.6 Å². The summed E-state index contributed by atoms with van der Waals surface area (Å²) in [6, 6.07) is 7.69. The fraction of sp³-hybridized carbons (Fsp3) is 0.333. The predicted molar refractivity (Wildman–Crippen MR) is 137 cm³/mol. The Hall–Kier alpha value is -2.42. The van der Waals surface area contributed by atoms with Gasteiger partial charge in [-0.2, -0.15) is 0 Å². The van der Waals surface area contributed by atoms with Crippen LogP contribution in [0.15, 0.2) is 52.5 Å². The van der Waals surface area contributed by atoms with E-state index in [0.29, 0.717) is 30.5 Å². The number of carbonyl (C=O) groups is 1. The van der Waals surface area contributed by atoms with Crippen molar-refractivity contribution in [1.29, 1.82) is 0 Å². The maximum atomic E-state index is 11.4. The van der Waals surface area contributed by atoms with Crippen LogP contribution in [-0.4, -0.2) is 43.9 Å². The van der Waals surface area contributed by atoms with Gasteiger partial charge in [-0.15, -0.1) is 11.3 Å². The average molecular weight is 503 g/mol. The summed E-state index contributed by atoms with van der Waals surface area (Å²) in [6.45, 7) is 6.78. The monoisotopic (exact) mass is 502 g/mol. The van der Waals surface area contributed by atoms with Gasteiger partial charge in [0.15, 0.2) is 4.34 Å². The van der Waals surface area contributed by atoms with E-state index in [4.69, 9.17) is 11.6 Å². The van der Waals surface area contributed by atoms with E-state index in [-0.39, 0.29) is 0 Å². The van der Waals surface area contributed by atoms with E-state index in [1.165, 1.54) is 23.1 Å². The Bertz CT molecular complexity index is 1080. The number of nitrogens with zero attached hydrogens (tertiary/aromatic N) is 4. The van der Waals surface area contributed by atoms with Gasteiger partial charge in [-0.25, -0.2) is 15.0 Å². The topological polar surface area (TPSA) is 79.2 Å². The molecule has 0 saturated heterocycles. The van der Waals surface area contributed by atoms with Crippen molar-refractivity contribution in [3.05, 3.63) is 70.0 Å². The maximum absolute atomic E-state index is 11.4. The van der Waals surface area contributed by atoms with Gasteiger partial charge < -0.3 is 10.0 Å². The first kappa shape index (κ1) is 25.2. The summed E-state index contributed by atoms with van der Waals surface area (Å²) in [5.41, 5.74) is 3.10. The molecule has 0 atom stereocenters. The molecule has 3 aromatic rings. The molecule has 33 heavy (non-hydrogen) atoms. The summed E-state index contributed by atoms with van der Waals surface area (Å²) >= 11 is 8.72. The summed E-state index contributed by atoms with van der Waals surface area (Å²) in [4.78, 5) is 27.2. The van der Waals surface area contributed by atoms with Crippen LogP contribution in [0.5, 0.6) is 0 Å². The number of carboxylic acids is 1. The molecule has 0 radical (unpaired) electrons. The van der Waals surface area contributed by atoms with Gasteiger partial charge in [-0.05, 0) is 43.5 Å². The molecule has 0 saturated carbocycles. The molecule has 0 aliphatic rings. The van der Waals surface area contributed by atoms with Crippen molar-refractivity contribution in [3.8, 4) is 0 Å². The number of halogens is 1. The third kappa shape index (κ3) is 7.55. The molecular formula is C24H27ClN4O2S2. The van der Waals surface area contributed by atoms with Crippen LogP contribution >= 0.6 is 34.7 Å². The van der Waals surface area contributed by atoms with E-state index in [1.807, 2.05) is 42.0 Å². The van der Waals surface area contributed by atoms with Crippen molar-refractivity contribution in [2.75, 3.05) is 18.0 Å². The largest absolute Gasteiger partial charge is 0.480 e. The summed E-state index contributed by atoms with van der Waals surface area (Å²) in [6.07, 6.45) is 9.46. The van der Waals surface area contributed by atoms with E-state index in [1.54, 1.807) is 13.8 Å². The lowest BCUT2D eigenvalue weighted by atomic mass is 10.2. The third-order valence-corrected chi connectivity index (χ3v) is 7.34. The molecule has 0 aliphatic carbocycles. The van der Waals surface area contributed by atoms with E-state index in [9.17, 15) is 9.90 Å². The molecule has 174 valence electrons. The van der Waals surface area contributed by atoms with Gasteiger partial charge in [-0.3, -0.25) is 4.79 Å². The molecule has 1 N–H and O–H groups in total. The normalized spacial score (nSPS) is 11.8. The van der Waals surface area contributed by atoms with E-state index in [2.05, 4.69) is 38.9 Å². The van der Waals surface area contributed by atoms with E-state index >= 15 is 0 Å². The van der Waals surface area contributed by atoms with Crippen molar-refractivity contribution >= 4 is 52.7 Å². The quantitative estimate of drug-likeness (QED) is 0.328. The van der Waals surface area contributed by atoms with Crippen molar-refractivity contribution < 1.29 is 9.90 Å². The minimum Gasteiger partial charge on any atom is -0.480 e. The van der Waals surface area contributed by atoms with Crippen LogP contribution in [0, 0.1) is 0 Å². The second-order valence-electron chi connectivity index (χ2n) is 7.92. The summed E-state index contributed by atoms with van der Waals surface area (Å²) < 4.78 is -0.155. The van der Waals surface area contributed by atoms with Gasteiger partial charge >= 0.3 is 5.97 Å². The third-order valence-electron chi connectivity index (χ3n) is 4.91. The highest BCUT2D eigenvalue weighted by Crippen LogP contribution is 2.34. The van der Waals surface area contributed by atoms with Gasteiger partial charge in [0.25, 0.3) is 0 Å². The molecule has 0 unspecified atom stereocenters. The van der Waals surface area contributed by atoms with Gasteiger partial charge in [0.05, 0.1) is 5.69 Å². The molecule has 9 heteroatoms. The number of benzene rings is 1. The zero-order valence-electron chi connectivity index (χ0n) is 18.9. The Balaban J connectivity index is 1.68. The van der Waals surface area contributed by atoms with Gasteiger partial charge in [0.2, 0.25) is 5.95 Å². The Kier molecular flexibility index (Phi) is 8.88. The van der Waals surface area contributed by atoms with Crippen LogP contribution < -0.4 is 4.90 Å². The average Bonchev–Trinajstić information content (AvgIpc) is 3.24. The fourth-order valence-electron chi connectivity index (χ4n) is 2.82. The number of hydrogen-bond acceptors (Lipinski definition) is 7. The van der Waals surface area contributed by atoms with Gasteiger partial charge in [0, 0.05) is 42.3 Å². The zero-order chi connectivity index (χ0) is 23.8. The number of aromatic nitrogens is 3.